The number of nitrogens with zero attached hydrogens (tertiary/aromatic N) is 1. The van der Waals surface area contributed by atoms with Gasteiger partial charge in [-0.1, -0.05) is 18.2 Å². The highest BCUT2D eigenvalue weighted by atomic mass is 32.2. The van der Waals surface area contributed by atoms with Crippen molar-refractivity contribution >= 4 is 27.3 Å². The largest absolute Gasteiger partial charge is 0.351 e. The van der Waals surface area contributed by atoms with Crippen molar-refractivity contribution in [1.82, 2.24) is 5.32 Å². The predicted octanol–water partition coefficient (Wildman–Crippen LogP) is 0.659. The van der Waals surface area contributed by atoms with Crippen LogP contribution < -0.4 is 10.2 Å². The summed E-state index contributed by atoms with van der Waals surface area (Å²) in [5, 5.41) is 2.74. The molecule has 7 heteroatoms. The average Bonchev–Trinajstić information content (AvgIpc) is 2.75. The molecular formula is C16H20N2O4S. The van der Waals surface area contributed by atoms with Gasteiger partial charge in [-0.2, -0.15) is 0 Å². The maximum Gasteiger partial charge on any atom is 0.240 e. The first kappa shape index (κ1) is 16.0. The fourth-order valence-corrected chi connectivity index (χ4v) is 4.86. The third-order valence-corrected chi connectivity index (χ3v) is 6.09. The van der Waals surface area contributed by atoms with Gasteiger partial charge in [0.1, 0.15) is 6.54 Å². The molecule has 2 aliphatic heterocycles. The van der Waals surface area contributed by atoms with Crippen LogP contribution in [0.5, 0.6) is 0 Å². The molecule has 0 aliphatic carbocycles. The number of anilines is 1. The van der Waals surface area contributed by atoms with Gasteiger partial charge < -0.3 is 10.2 Å². The van der Waals surface area contributed by atoms with E-state index in [1.165, 1.54) is 4.90 Å². The van der Waals surface area contributed by atoms with Gasteiger partial charge in [-0.3, -0.25) is 9.59 Å². The number of sulfone groups is 1. The van der Waals surface area contributed by atoms with E-state index in [-0.39, 0.29) is 35.9 Å². The van der Waals surface area contributed by atoms with Crippen molar-refractivity contribution in [3.8, 4) is 0 Å². The molecule has 0 saturated carbocycles. The molecule has 1 saturated heterocycles. The number of benzene rings is 1. The zero-order chi connectivity index (χ0) is 16.4. The number of para-hydroxylation sites is 1. The number of nitrogens with one attached hydrogen (secondary N) is 1. The number of hydrogen-bond acceptors (Lipinski definition) is 4. The Hall–Kier alpha value is -1.89. The fourth-order valence-electron chi connectivity index (χ4n) is 3.18. The van der Waals surface area contributed by atoms with Gasteiger partial charge in [0.05, 0.1) is 11.5 Å². The lowest BCUT2D eigenvalue weighted by atomic mass is 10.1. The van der Waals surface area contributed by atoms with E-state index in [2.05, 4.69) is 5.32 Å². The summed E-state index contributed by atoms with van der Waals surface area (Å²) < 4.78 is 22.9. The number of fused-ring (bicyclic) bond motifs is 1. The molecule has 2 amide bonds. The summed E-state index contributed by atoms with van der Waals surface area (Å²) >= 11 is 0. The quantitative estimate of drug-likeness (QED) is 0.879. The topological polar surface area (TPSA) is 83.6 Å². The molecule has 124 valence electrons. The molecular weight excluding hydrogens is 316 g/mol. The molecule has 1 N–H and O–H groups in total. The van der Waals surface area contributed by atoms with E-state index >= 15 is 0 Å². The van der Waals surface area contributed by atoms with E-state index in [0.717, 1.165) is 24.1 Å². The number of amides is 2. The SMILES string of the molecule is O=C(CN1C(=O)CCCc2ccccc21)N[C@@H]1CCS(=O)(=O)C1. The van der Waals surface area contributed by atoms with Crippen molar-refractivity contribution in [2.75, 3.05) is 23.0 Å². The highest BCUT2D eigenvalue weighted by Gasteiger charge is 2.30. The maximum atomic E-state index is 12.3. The van der Waals surface area contributed by atoms with Crippen molar-refractivity contribution in [3.63, 3.8) is 0 Å². The third-order valence-electron chi connectivity index (χ3n) is 4.32. The second kappa shape index (κ2) is 6.31. The zero-order valence-corrected chi connectivity index (χ0v) is 13.6. The van der Waals surface area contributed by atoms with E-state index in [9.17, 15) is 18.0 Å². The molecule has 2 aliphatic rings. The zero-order valence-electron chi connectivity index (χ0n) is 12.8. The van der Waals surface area contributed by atoms with Crippen molar-refractivity contribution in [2.24, 2.45) is 0 Å². The van der Waals surface area contributed by atoms with Crippen molar-refractivity contribution in [2.45, 2.75) is 31.7 Å². The van der Waals surface area contributed by atoms with Crippen LogP contribution in [0, 0.1) is 0 Å². The molecule has 0 bridgehead atoms. The molecule has 1 fully saturated rings. The molecule has 0 unspecified atom stereocenters. The molecule has 6 nitrogen and oxygen atoms in total. The molecule has 1 aromatic rings. The fraction of sp³-hybridized carbons (Fsp3) is 0.500. The number of rotatable bonds is 3. The maximum absolute atomic E-state index is 12.3. The highest BCUT2D eigenvalue weighted by molar-refractivity contribution is 7.91. The Morgan fingerprint density at radius 3 is 2.78 bits per heavy atom. The van der Waals surface area contributed by atoms with Crippen LogP contribution in [-0.4, -0.2) is 44.3 Å². The number of hydrogen-bond donors (Lipinski definition) is 1. The van der Waals surface area contributed by atoms with Crippen LogP contribution in [0.4, 0.5) is 5.69 Å². The van der Waals surface area contributed by atoms with E-state index < -0.39 is 9.84 Å². The van der Waals surface area contributed by atoms with E-state index in [0.29, 0.717) is 12.8 Å². The third kappa shape index (κ3) is 3.72. The van der Waals surface area contributed by atoms with E-state index in [1.54, 1.807) is 0 Å². The smallest absolute Gasteiger partial charge is 0.240 e. The predicted molar refractivity (Wildman–Crippen MR) is 86.9 cm³/mol. The van der Waals surface area contributed by atoms with Gasteiger partial charge in [-0.05, 0) is 30.9 Å². The molecule has 0 radical (unpaired) electrons. The standard InChI is InChI=1S/C16H20N2O4S/c19-15(17-13-8-9-23(21,22)11-13)10-18-14-6-2-1-4-12(14)5-3-7-16(18)20/h1-2,4,6,13H,3,5,7-11H2,(H,17,19)/t13-/m1/s1. The van der Waals surface area contributed by atoms with Crippen molar-refractivity contribution < 1.29 is 18.0 Å². The van der Waals surface area contributed by atoms with Crippen LogP contribution in [0.2, 0.25) is 0 Å². The van der Waals surface area contributed by atoms with E-state index in [4.69, 9.17) is 0 Å². The monoisotopic (exact) mass is 336 g/mol. The van der Waals surface area contributed by atoms with Crippen LogP contribution in [-0.2, 0) is 25.8 Å². The van der Waals surface area contributed by atoms with E-state index in [1.807, 2.05) is 24.3 Å². The summed E-state index contributed by atoms with van der Waals surface area (Å²) in [6, 6.07) is 7.26. The van der Waals surface area contributed by atoms with Crippen molar-refractivity contribution in [1.29, 1.82) is 0 Å². The first-order valence-electron chi connectivity index (χ1n) is 7.83. The van der Waals surface area contributed by atoms with Gasteiger partial charge in [0.15, 0.2) is 9.84 Å². The van der Waals surface area contributed by atoms with Gasteiger partial charge in [0, 0.05) is 18.2 Å². The Bertz CT molecular complexity index is 729. The summed E-state index contributed by atoms with van der Waals surface area (Å²) in [4.78, 5) is 26.1. The van der Waals surface area contributed by atoms with Crippen LogP contribution in [0.25, 0.3) is 0 Å². The molecule has 23 heavy (non-hydrogen) atoms. The Morgan fingerprint density at radius 1 is 1.26 bits per heavy atom. The van der Waals surface area contributed by atoms with Gasteiger partial charge >= 0.3 is 0 Å². The Morgan fingerprint density at radius 2 is 2.04 bits per heavy atom. The molecule has 1 atom stereocenters. The first-order chi connectivity index (χ1) is 10.9. The summed E-state index contributed by atoms with van der Waals surface area (Å²) in [7, 11) is -3.03. The van der Waals surface area contributed by atoms with Crippen LogP contribution >= 0.6 is 0 Å². The first-order valence-corrected chi connectivity index (χ1v) is 9.65. The molecule has 0 spiro atoms. The number of carbonyl (C=O) groups is 2. The molecule has 1 aromatic carbocycles. The lowest BCUT2D eigenvalue weighted by molar-refractivity contribution is -0.124. The van der Waals surface area contributed by atoms with Gasteiger partial charge in [0.2, 0.25) is 11.8 Å². The number of aryl methyl sites for hydroxylation is 1. The van der Waals surface area contributed by atoms with Gasteiger partial charge in [-0.25, -0.2) is 8.42 Å². The van der Waals surface area contributed by atoms with Crippen LogP contribution in [0.1, 0.15) is 24.8 Å². The molecule has 2 heterocycles. The summed E-state index contributed by atoms with van der Waals surface area (Å²) in [6.45, 7) is -0.0631. The second-order valence-corrected chi connectivity index (χ2v) is 8.36. The Balaban J connectivity index is 1.71. The normalized spacial score (nSPS) is 23.2. The van der Waals surface area contributed by atoms with Crippen LogP contribution in [0.3, 0.4) is 0 Å². The Labute approximate surface area is 135 Å². The van der Waals surface area contributed by atoms with Crippen molar-refractivity contribution in [3.05, 3.63) is 29.8 Å². The van der Waals surface area contributed by atoms with Crippen LogP contribution in [0.15, 0.2) is 24.3 Å². The minimum atomic E-state index is -3.03. The molecule has 3 rings (SSSR count). The molecule has 0 aromatic heterocycles. The van der Waals surface area contributed by atoms with Gasteiger partial charge in [-0.15, -0.1) is 0 Å². The lowest BCUT2D eigenvalue weighted by Gasteiger charge is -2.23. The summed E-state index contributed by atoms with van der Waals surface area (Å²) in [6.07, 6.45) is 2.45. The lowest BCUT2D eigenvalue weighted by Crippen LogP contribution is -2.44. The second-order valence-electron chi connectivity index (χ2n) is 6.13. The summed E-state index contributed by atoms with van der Waals surface area (Å²) in [5.74, 6) is -0.270. The summed E-state index contributed by atoms with van der Waals surface area (Å²) in [5.41, 5.74) is 1.85. The minimum Gasteiger partial charge on any atom is -0.351 e. The Kier molecular flexibility index (Phi) is 4.39. The minimum absolute atomic E-state index is 0.0106. The average molecular weight is 336 g/mol. The van der Waals surface area contributed by atoms with Gasteiger partial charge in [0.25, 0.3) is 0 Å². The highest BCUT2D eigenvalue weighted by Crippen LogP contribution is 2.26. The number of carbonyl (C=O) groups excluding carboxylic acids is 2.